The number of benzene rings is 3. The summed E-state index contributed by atoms with van der Waals surface area (Å²) in [4.78, 5) is 11.7. The molecule has 184 valence electrons. The smallest absolute Gasteiger partial charge is 0.337 e. The highest BCUT2D eigenvalue weighted by molar-refractivity contribution is 5.89. The van der Waals surface area contributed by atoms with Crippen LogP contribution in [0.2, 0.25) is 0 Å². The van der Waals surface area contributed by atoms with Crippen LogP contribution < -0.4 is 10.1 Å². The zero-order valence-electron chi connectivity index (χ0n) is 22.2. The molecule has 35 heavy (non-hydrogen) atoms. The normalized spacial score (nSPS) is 16.1. The summed E-state index contributed by atoms with van der Waals surface area (Å²) < 4.78 is 11.4. The van der Waals surface area contributed by atoms with Gasteiger partial charge in [-0.3, -0.25) is 0 Å². The summed E-state index contributed by atoms with van der Waals surface area (Å²) in [6.07, 6.45) is 0. The Hall–Kier alpha value is -3.27. The molecular formula is C31H37NO3. The van der Waals surface area contributed by atoms with Crippen LogP contribution in [0.15, 0.2) is 48.5 Å². The number of nitrogens with one attached hydrogen (secondary N) is 1. The molecule has 0 spiro atoms. The maximum absolute atomic E-state index is 11.7. The van der Waals surface area contributed by atoms with Gasteiger partial charge in [-0.2, -0.15) is 0 Å². The van der Waals surface area contributed by atoms with Crippen LogP contribution in [-0.4, -0.2) is 18.7 Å². The molecule has 4 heteroatoms. The summed E-state index contributed by atoms with van der Waals surface area (Å²) >= 11 is 0. The number of methoxy groups -OCH3 is 1. The number of carbonyl (C=O) groups is 1. The molecule has 0 amide bonds. The number of hydrogen-bond donors (Lipinski definition) is 1. The van der Waals surface area contributed by atoms with Crippen LogP contribution in [0, 0.1) is 20.8 Å². The van der Waals surface area contributed by atoms with Crippen LogP contribution in [0.4, 0.5) is 5.69 Å². The number of rotatable bonds is 6. The predicted molar refractivity (Wildman–Crippen MR) is 143 cm³/mol. The molecule has 4 nitrogen and oxygen atoms in total. The molecule has 1 aliphatic rings. The quantitative estimate of drug-likeness (QED) is 0.380. The fraction of sp³-hybridized carbons (Fsp3) is 0.387. The lowest BCUT2D eigenvalue weighted by Crippen LogP contribution is -2.31. The van der Waals surface area contributed by atoms with E-state index in [1.54, 1.807) is 0 Å². The van der Waals surface area contributed by atoms with Gasteiger partial charge in [0, 0.05) is 17.8 Å². The van der Waals surface area contributed by atoms with Gasteiger partial charge in [0.1, 0.15) is 11.4 Å². The first kappa shape index (κ1) is 24.8. The predicted octanol–water partition coefficient (Wildman–Crippen LogP) is 7.44. The molecule has 0 aromatic heterocycles. The van der Waals surface area contributed by atoms with Crippen LogP contribution in [0.5, 0.6) is 5.75 Å². The van der Waals surface area contributed by atoms with Gasteiger partial charge in [0.2, 0.25) is 0 Å². The molecule has 1 heterocycles. The monoisotopic (exact) mass is 471 g/mol. The Bertz CT molecular complexity index is 1240. The van der Waals surface area contributed by atoms with Crippen molar-refractivity contribution >= 4 is 11.7 Å². The average molecular weight is 472 g/mol. The first-order valence-corrected chi connectivity index (χ1v) is 12.4. The first-order valence-electron chi connectivity index (χ1n) is 12.4. The highest BCUT2D eigenvalue weighted by atomic mass is 16.5. The number of esters is 1. The van der Waals surface area contributed by atoms with E-state index in [1.165, 1.54) is 40.5 Å². The summed E-state index contributed by atoms with van der Waals surface area (Å²) in [6.45, 7) is 16.0. The number of hydrogen-bond acceptors (Lipinski definition) is 4. The van der Waals surface area contributed by atoms with Gasteiger partial charge in [-0.25, -0.2) is 4.79 Å². The van der Waals surface area contributed by atoms with Crippen LogP contribution >= 0.6 is 0 Å². The molecule has 3 aromatic rings. The van der Waals surface area contributed by atoms with Crippen molar-refractivity contribution in [3.63, 3.8) is 0 Å². The highest BCUT2D eigenvalue weighted by Gasteiger charge is 2.44. The molecule has 0 radical (unpaired) electrons. The molecule has 1 unspecified atom stereocenters. The molecule has 0 aliphatic carbocycles. The SMILES string of the molecule is COC(=O)c1ccc(CNc2c(C)c(C)c3c(c2C)C(c2ccc(C(C)C)cc2)C(C)(C)O3)cc1. The minimum absolute atomic E-state index is 0.151. The van der Waals surface area contributed by atoms with Gasteiger partial charge in [0.15, 0.2) is 0 Å². The van der Waals surface area contributed by atoms with E-state index in [-0.39, 0.29) is 17.5 Å². The van der Waals surface area contributed by atoms with Gasteiger partial charge in [-0.1, -0.05) is 50.2 Å². The third-order valence-electron chi connectivity index (χ3n) is 7.43. The number of ether oxygens (including phenoxy) is 2. The van der Waals surface area contributed by atoms with Crippen LogP contribution in [-0.2, 0) is 11.3 Å². The van der Waals surface area contributed by atoms with Gasteiger partial charge in [0.05, 0.1) is 18.6 Å². The van der Waals surface area contributed by atoms with E-state index in [0.717, 1.165) is 17.0 Å². The van der Waals surface area contributed by atoms with E-state index in [1.807, 2.05) is 24.3 Å². The number of fused-ring (bicyclic) bond motifs is 1. The van der Waals surface area contributed by atoms with Crippen LogP contribution in [0.25, 0.3) is 0 Å². The fourth-order valence-corrected chi connectivity index (χ4v) is 5.27. The van der Waals surface area contributed by atoms with Crippen molar-refractivity contribution in [2.75, 3.05) is 12.4 Å². The van der Waals surface area contributed by atoms with Crippen molar-refractivity contribution in [1.29, 1.82) is 0 Å². The van der Waals surface area contributed by atoms with Crippen molar-refractivity contribution in [3.05, 3.63) is 93.0 Å². The van der Waals surface area contributed by atoms with Crippen molar-refractivity contribution in [1.82, 2.24) is 0 Å². The maximum atomic E-state index is 11.7. The lowest BCUT2D eigenvalue weighted by molar-refractivity contribution is 0.0600. The summed E-state index contributed by atoms with van der Waals surface area (Å²) in [5.41, 5.74) is 10.0. The lowest BCUT2D eigenvalue weighted by atomic mass is 9.78. The van der Waals surface area contributed by atoms with E-state index in [4.69, 9.17) is 9.47 Å². The second kappa shape index (κ2) is 9.41. The largest absolute Gasteiger partial charge is 0.486 e. The summed E-state index contributed by atoms with van der Waals surface area (Å²) in [5, 5.41) is 3.68. The Labute approximate surface area is 209 Å². The van der Waals surface area contributed by atoms with Crippen molar-refractivity contribution in [2.24, 2.45) is 0 Å². The summed E-state index contributed by atoms with van der Waals surface area (Å²) in [7, 11) is 1.40. The molecule has 1 N–H and O–H groups in total. The third-order valence-corrected chi connectivity index (χ3v) is 7.43. The molecule has 4 rings (SSSR count). The Morgan fingerprint density at radius 2 is 1.60 bits per heavy atom. The summed E-state index contributed by atoms with van der Waals surface area (Å²) in [5.74, 6) is 1.36. The standard InChI is InChI=1S/C31H37NO3/c1-18(2)23-13-15-24(16-14-23)27-26-21(5)28(19(3)20(4)29(26)35-31(27,6)7)32-17-22-9-11-25(12-10-22)30(33)34-8/h9-16,18,27,32H,17H2,1-8H3. The first-order chi connectivity index (χ1) is 16.5. The van der Waals surface area contributed by atoms with Gasteiger partial charge >= 0.3 is 5.97 Å². The number of carbonyl (C=O) groups excluding carboxylic acids is 1. The maximum Gasteiger partial charge on any atom is 0.337 e. The lowest BCUT2D eigenvalue weighted by Gasteiger charge is -2.27. The van der Waals surface area contributed by atoms with E-state index >= 15 is 0 Å². The Balaban J connectivity index is 1.70. The average Bonchev–Trinajstić information content (AvgIpc) is 3.13. The molecule has 0 bridgehead atoms. The fourth-order valence-electron chi connectivity index (χ4n) is 5.27. The second-order valence-corrected chi connectivity index (χ2v) is 10.5. The van der Waals surface area contributed by atoms with Gasteiger partial charge in [0.25, 0.3) is 0 Å². The van der Waals surface area contributed by atoms with Gasteiger partial charge in [-0.15, -0.1) is 0 Å². The van der Waals surface area contributed by atoms with E-state index in [2.05, 4.69) is 78.0 Å². The van der Waals surface area contributed by atoms with Crippen molar-refractivity contribution in [2.45, 2.75) is 72.4 Å². The molecule has 1 atom stereocenters. The van der Waals surface area contributed by atoms with Crippen molar-refractivity contribution in [3.8, 4) is 5.75 Å². The molecule has 1 aliphatic heterocycles. The van der Waals surface area contributed by atoms with Crippen LogP contribution in [0.1, 0.15) is 88.8 Å². The molecular weight excluding hydrogens is 434 g/mol. The van der Waals surface area contributed by atoms with E-state index in [0.29, 0.717) is 18.0 Å². The highest BCUT2D eigenvalue weighted by Crippen LogP contribution is 2.53. The Kier molecular flexibility index (Phi) is 6.68. The third kappa shape index (κ3) is 4.54. The molecule has 3 aromatic carbocycles. The topological polar surface area (TPSA) is 47.6 Å². The van der Waals surface area contributed by atoms with Gasteiger partial charge in [-0.05, 0) is 86.1 Å². The molecule has 0 saturated heterocycles. The Morgan fingerprint density at radius 3 is 2.17 bits per heavy atom. The minimum atomic E-state index is -0.341. The van der Waals surface area contributed by atoms with Crippen LogP contribution in [0.3, 0.4) is 0 Å². The minimum Gasteiger partial charge on any atom is -0.486 e. The summed E-state index contributed by atoms with van der Waals surface area (Å²) in [6, 6.07) is 16.6. The zero-order valence-corrected chi connectivity index (χ0v) is 22.2. The van der Waals surface area contributed by atoms with Gasteiger partial charge < -0.3 is 14.8 Å². The Morgan fingerprint density at radius 1 is 0.971 bits per heavy atom. The zero-order chi connectivity index (χ0) is 25.5. The molecule has 0 fully saturated rings. The van der Waals surface area contributed by atoms with Crippen molar-refractivity contribution < 1.29 is 14.3 Å². The molecule has 0 saturated carbocycles. The van der Waals surface area contributed by atoms with E-state index in [9.17, 15) is 4.79 Å². The second-order valence-electron chi connectivity index (χ2n) is 10.5. The van der Waals surface area contributed by atoms with E-state index < -0.39 is 0 Å². The number of anilines is 1.